The monoisotopic (exact) mass is 688 g/mol. The summed E-state index contributed by atoms with van der Waals surface area (Å²) in [6, 6.07) is 2.20. The van der Waals surface area contributed by atoms with Gasteiger partial charge in [-0.1, -0.05) is 53.2 Å². The van der Waals surface area contributed by atoms with Gasteiger partial charge in [0.05, 0.1) is 5.57 Å². The molecule has 0 radical (unpaired) electrons. The molecule has 3 saturated carbocycles. The number of piperidine rings is 1. The number of ketones is 2. The lowest BCUT2D eigenvalue weighted by atomic mass is 9.38. The number of carbonyl (C=O) groups excluding carboxylic acids is 4. The van der Waals surface area contributed by atoms with Gasteiger partial charge in [0.2, 0.25) is 0 Å². The van der Waals surface area contributed by atoms with E-state index in [-0.39, 0.29) is 75.2 Å². The third kappa shape index (κ3) is 6.17. The highest BCUT2D eigenvalue weighted by atomic mass is 16.6. The summed E-state index contributed by atoms with van der Waals surface area (Å²) in [5.74, 6) is 0.281. The van der Waals surface area contributed by atoms with Crippen LogP contribution in [-0.4, -0.2) is 53.3 Å². The number of Topliss-reactive ketones (excluding diaryl/α,β-unsaturated/α-hetero) is 1. The van der Waals surface area contributed by atoms with Gasteiger partial charge in [0.1, 0.15) is 17.8 Å². The first kappa shape index (κ1) is 36.8. The van der Waals surface area contributed by atoms with Gasteiger partial charge < -0.3 is 14.4 Å². The molecule has 0 N–H and O–H groups in total. The smallest absolute Gasteiger partial charge is 0.410 e. The molecule has 0 bridgehead atoms. The number of hydrogen-bond acceptors (Lipinski definition) is 7. The normalized spacial score (nSPS) is 37.9. The number of hydrogen-bond donors (Lipinski definition) is 0. The van der Waals surface area contributed by atoms with Gasteiger partial charge >= 0.3 is 12.1 Å². The molecule has 7 unspecified atom stereocenters. The Morgan fingerprint density at radius 2 is 1.62 bits per heavy atom. The largest absolute Gasteiger partial charge is 0.462 e. The fraction of sp³-hybridized carbons (Fsp3) is 0.786. The van der Waals surface area contributed by atoms with Crippen LogP contribution in [-0.2, 0) is 23.9 Å². The Morgan fingerprint density at radius 1 is 0.940 bits per heavy atom. The lowest BCUT2D eigenvalue weighted by Crippen LogP contribution is -2.60. The summed E-state index contributed by atoms with van der Waals surface area (Å²) in [7, 11) is 0. The summed E-state index contributed by atoms with van der Waals surface area (Å²) < 4.78 is 11.5. The second-order valence-electron chi connectivity index (χ2n) is 19.6. The molecule has 7 atom stereocenters. The topological polar surface area (TPSA) is 114 Å². The number of amides is 1. The van der Waals surface area contributed by atoms with Crippen LogP contribution >= 0.6 is 0 Å². The molecule has 1 amide bonds. The average molecular weight is 689 g/mol. The molecule has 4 fully saturated rings. The zero-order valence-electron chi connectivity index (χ0n) is 32.1. The van der Waals surface area contributed by atoms with E-state index in [0.29, 0.717) is 32.4 Å². The summed E-state index contributed by atoms with van der Waals surface area (Å²) in [6.45, 7) is 19.7. The van der Waals surface area contributed by atoms with Crippen molar-refractivity contribution in [1.82, 2.24) is 4.90 Å². The second kappa shape index (κ2) is 12.3. The molecule has 5 aliphatic carbocycles. The molecule has 8 heteroatoms. The van der Waals surface area contributed by atoms with Crippen LogP contribution in [0.2, 0.25) is 0 Å². The standard InChI is InChI=1S/C42H60N2O6/c1-37(2,3)50-36(48)44-20-13-27(14-21-44)49-33(46)12-17-42-16-10-28-34(29(42)24-38(4,5)18-19-42)30(45)22-32-40(28,8)15-11-31-39(6,7)35(47)26(25-43)23-41(31,32)9/h22-23,27-29,31,34H,10-21,24H2,1-9H3. The molecular formula is C42H60N2O6. The van der Waals surface area contributed by atoms with Gasteiger partial charge in [0.25, 0.3) is 0 Å². The van der Waals surface area contributed by atoms with Gasteiger partial charge in [0, 0.05) is 49.1 Å². The van der Waals surface area contributed by atoms with E-state index in [2.05, 4.69) is 33.8 Å². The summed E-state index contributed by atoms with van der Waals surface area (Å²) in [5, 5.41) is 9.97. The molecule has 50 heavy (non-hydrogen) atoms. The molecule has 1 heterocycles. The minimum atomic E-state index is -0.671. The Labute approximate surface area is 299 Å². The number of nitriles is 1. The minimum absolute atomic E-state index is 0.0372. The zero-order chi connectivity index (χ0) is 36.7. The first-order chi connectivity index (χ1) is 23.2. The van der Waals surface area contributed by atoms with Gasteiger partial charge in [-0.25, -0.2) is 4.79 Å². The molecule has 1 aliphatic heterocycles. The number of carbonyl (C=O) groups is 4. The van der Waals surface area contributed by atoms with E-state index in [1.54, 1.807) is 4.90 Å². The van der Waals surface area contributed by atoms with Crippen molar-refractivity contribution in [2.75, 3.05) is 13.1 Å². The maximum Gasteiger partial charge on any atom is 0.410 e. The van der Waals surface area contributed by atoms with Crippen LogP contribution in [0.15, 0.2) is 23.3 Å². The highest BCUT2D eigenvalue weighted by Gasteiger charge is 2.65. The summed E-state index contributed by atoms with van der Waals surface area (Å²) in [5.41, 5.74) is -0.547. The highest BCUT2D eigenvalue weighted by molar-refractivity contribution is 6.04. The fourth-order valence-electron chi connectivity index (χ4n) is 11.9. The molecule has 0 aromatic rings. The van der Waals surface area contributed by atoms with E-state index in [1.165, 1.54) is 0 Å². The van der Waals surface area contributed by atoms with Crippen LogP contribution in [0.4, 0.5) is 4.79 Å². The predicted octanol–water partition coefficient (Wildman–Crippen LogP) is 8.54. The van der Waals surface area contributed by atoms with E-state index in [0.717, 1.165) is 56.9 Å². The quantitative estimate of drug-likeness (QED) is 0.272. The average Bonchev–Trinajstić information content (AvgIpc) is 3.02. The van der Waals surface area contributed by atoms with E-state index in [4.69, 9.17) is 9.47 Å². The molecule has 8 nitrogen and oxygen atoms in total. The van der Waals surface area contributed by atoms with Crippen molar-refractivity contribution in [3.63, 3.8) is 0 Å². The molecule has 0 spiro atoms. The van der Waals surface area contributed by atoms with Crippen molar-refractivity contribution in [2.24, 2.45) is 50.7 Å². The SMILES string of the molecule is CC1(C)CCC2(CCC(=O)OC3CCN(C(=O)OC(C)(C)C)CC3)CCC3C(C(=O)C=C4C5(C)C=C(C#N)C(=O)C(C)(C)C5CCC43C)C2C1. The Hall–Kier alpha value is -2.95. The van der Waals surface area contributed by atoms with Gasteiger partial charge in [-0.15, -0.1) is 0 Å². The van der Waals surface area contributed by atoms with Crippen LogP contribution < -0.4 is 0 Å². The number of nitrogens with zero attached hydrogens (tertiary/aromatic N) is 2. The van der Waals surface area contributed by atoms with Gasteiger partial charge in [-0.3, -0.25) is 14.4 Å². The highest BCUT2D eigenvalue weighted by Crippen LogP contribution is 2.71. The summed E-state index contributed by atoms with van der Waals surface area (Å²) >= 11 is 0. The summed E-state index contributed by atoms with van der Waals surface area (Å²) in [6.07, 6.45) is 12.5. The number of ether oxygens (including phenoxy) is 2. The molecule has 0 aromatic carbocycles. The maximum absolute atomic E-state index is 14.6. The van der Waals surface area contributed by atoms with Gasteiger partial charge in [0.15, 0.2) is 11.6 Å². The predicted molar refractivity (Wildman–Crippen MR) is 190 cm³/mol. The van der Waals surface area contributed by atoms with Crippen molar-refractivity contribution in [2.45, 2.75) is 145 Å². The Kier molecular flexibility index (Phi) is 9.08. The number of rotatable bonds is 4. The Morgan fingerprint density at radius 3 is 2.26 bits per heavy atom. The van der Waals surface area contributed by atoms with Crippen LogP contribution in [0.3, 0.4) is 0 Å². The number of esters is 1. The lowest BCUT2D eigenvalue weighted by Gasteiger charge is -2.65. The molecule has 6 aliphatic rings. The maximum atomic E-state index is 14.6. The Balaban J connectivity index is 1.20. The first-order valence-electron chi connectivity index (χ1n) is 19.3. The van der Waals surface area contributed by atoms with Crippen LogP contribution in [0.1, 0.15) is 133 Å². The van der Waals surface area contributed by atoms with Crippen molar-refractivity contribution < 1.29 is 28.7 Å². The van der Waals surface area contributed by atoms with Gasteiger partial charge in [-0.2, -0.15) is 5.26 Å². The van der Waals surface area contributed by atoms with E-state index in [9.17, 15) is 24.4 Å². The van der Waals surface area contributed by atoms with Crippen molar-refractivity contribution in [3.05, 3.63) is 23.3 Å². The van der Waals surface area contributed by atoms with Crippen LogP contribution in [0.25, 0.3) is 0 Å². The van der Waals surface area contributed by atoms with Crippen LogP contribution in [0.5, 0.6) is 0 Å². The minimum Gasteiger partial charge on any atom is -0.462 e. The number of fused-ring (bicyclic) bond motifs is 7. The number of allylic oxidation sites excluding steroid dienone is 4. The molecular weight excluding hydrogens is 628 g/mol. The molecule has 0 aromatic heterocycles. The molecule has 6 rings (SSSR count). The third-order valence-corrected chi connectivity index (χ3v) is 14.5. The number of likely N-dealkylation sites (tertiary alicyclic amines) is 1. The molecule has 274 valence electrons. The Bertz CT molecular complexity index is 1550. The zero-order valence-corrected chi connectivity index (χ0v) is 32.1. The van der Waals surface area contributed by atoms with Crippen LogP contribution in [0, 0.1) is 62.1 Å². The first-order valence-corrected chi connectivity index (χ1v) is 19.3. The lowest BCUT2D eigenvalue weighted by molar-refractivity contribution is -0.156. The fourth-order valence-corrected chi connectivity index (χ4v) is 11.9. The van der Waals surface area contributed by atoms with Gasteiger partial charge in [-0.05, 0) is 112 Å². The second-order valence-corrected chi connectivity index (χ2v) is 19.6. The summed E-state index contributed by atoms with van der Waals surface area (Å²) in [4.78, 5) is 55.5. The van der Waals surface area contributed by atoms with E-state index in [1.807, 2.05) is 46.8 Å². The van der Waals surface area contributed by atoms with E-state index >= 15 is 0 Å². The van der Waals surface area contributed by atoms with Crippen molar-refractivity contribution >= 4 is 23.6 Å². The van der Waals surface area contributed by atoms with E-state index < -0.39 is 16.4 Å². The van der Waals surface area contributed by atoms with Crippen molar-refractivity contribution in [1.29, 1.82) is 5.26 Å². The van der Waals surface area contributed by atoms with Crippen molar-refractivity contribution in [3.8, 4) is 6.07 Å². The third-order valence-electron chi connectivity index (χ3n) is 14.5. The molecule has 1 saturated heterocycles.